The lowest BCUT2D eigenvalue weighted by molar-refractivity contribution is -0.00399. The number of nitrogens with zero attached hydrogens (tertiary/aromatic N) is 1. The Morgan fingerprint density at radius 1 is 1.44 bits per heavy atom. The third-order valence-electron chi connectivity index (χ3n) is 4.21. The van der Waals surface area contributed by atoms with E-state index in [9.17, 15) is 4.79 Å². The molecule has 1 amide bonds. The molecule has 0 aromatic rings. The van der Waals surface area contributed by atoms with Crippen LogP contribution in [0.5, 0.6) is 0 Å². The van der Waals surface area contributed by atoms with Crippen LogP contribution in [-0.2, 0) is 9.47 Å². The number of amides is 1. The summed E-state index contributed by atoms with van der Waals surface area (Å²) in [6.07, 6.45) is 8.41. The molecule has 4 heteroatoms. The van der Waals surface area contributed by atoms with E-state index in [4.69, 9.17) is 9.47 Å². The van der Waals surface area contributed by atoms with Crippen LogP contribution in [0.25, 0.3) is 0 Å². The number of likely N-dealkylation sites (tertiary alicyclic amines) is 1. The monoisotopic (exact) mass is 253 g/mol. The first kappa shape index (κ1) is 13.4. The average Bonchev–Trinajstić information content (AvgIpc) is 2.75. The van der Waals surface area contributed by atoms with Gasteiger partial charge in [-0.05, 0) is 24.7 Å². The molecule has 1 saturated heterocycles. The predicted octanol–water partition coefficient (Wildman–Crippen LogP) is 2.94. The first-order valence-electron chi connectivity index (χ1n) is 6.78. The van der Waals surface area contributed by atoms with Crippen LogP contribution >= 0.6 is 0 Å². The summed E-state index contributed by atoms with van der Waals surface area (Å²) >= 11 is 0. The second-order valence-corrected chi connectivity index (χ2v) is 5.45. The molecule has 1 unspecified atom stereocenters. The van der Waals surface area contributed by atoms with Crippen molar-refractivity contribution in [3.63, 3.8) is 0 Å². The summed E-state index contributed by atoms with van der Waals surface area (Å²) in [6, 6.07) is 0. The number of methoxy groups -OCH3 is 1. The molecule has 2 rings (SSSR count). The maximum atomic E-state index is 12.0. The minimum atomic E-state index is -0.274. The van der Waals surface area contributed by atoms with Gasteiger partial charge in [-0.15, -0.1) is 0 Å². The molecular formula is C14H23NO3. The lowest BCUT2D eigenvalue weighted by Gasteiger charge is -2.32. The molecule has 2 fully saturated rings. The summed E-state index contributed by atoms with van der Waals surface area (Å²) in [5, 5.41) is 0. The van der Waals surface area contributed by atoms with Crippen molar-refractivity contribution in [3.8, 4) is 0 Å². The maximum Gasteiger partial charge on any atom is 0.412 e. The molecule has 0 radical (unpaired) electrons. The summed E-state index contributed by atoms with van der Waals surface area (Å²) in [6.45, 7) is 4.60. The summed E-state index contributed by atoms with van der Waals surface area (Å²) in [7, 11) is 1.67. The van der Waals surface area contributed by atoms with Crippen molar-refractivity contribution < 1.29 is 14.3 Å². The molecule has 0 N–H and O–H groups in total. The summed E-state index contributed by atoms with van der Waals surface area (Å²) in [4.78, 5) is 13.7. The van der Waals surface area contributed by atoms with Crippen molar-refractivity contribution in [2.24, 2.45) is 5.41 Å². The van der Waals surface area contributed by atoms with Crippen molar-refractivity contribution >= 4 is 6.09 Å². The highest BCUT2D eigenvalue weighted by Crippen LogP contribution is 2.46. The van der Waals surface area contributed by atoms with E-state index in [1.165, 1.54) is 32.1 Å². The van der Waals surface area contributed by atoms with Gasteiger partial charge in [-0.25, -0.2) is 4.79 Å². The Morgan fingerprint density at radius 2 is 2.17 bits per heavy atom. The van der Waals surface area contributed by atoms with Crippen molar-refractivity contribution in [1.82, 2.24) is 4.90 Å². The molecule has 102 valence electrons. The number of carbonyl (C=O) groups excluding carboxylic acids is 1. The van der Waals surface area contributed by atoms with E-state index in [1.807, 2.05) is 0 Å². The Morgan fingerprint density at radius 3 is 2.78 bits per heavy atom. The molecule has 1 aliphatic carbocycles. The first-order chi connectivity index (χ1) is 8.71. The van der Waals surface area contributed by atoms with Crippen LogP contribution in [-0.4, -0.2) is 37.5 Å². The van der Waals surface area contributed by atoms with E-state index in [2.05, 4.69) is 6.58 Å². The van der Waals surface area contributed by atoms with Crippen molar-refractivity contribution in [2.45, 2.75) is 44.8 Å². The lowest BCUT2D eigenvalue weighted by Crippen LogP contribution is -2.38. The van der Waals surface area contributed by atoms with E-state index in [-0.39, 0.29) is 24.3 Å². The van der Waals surface area contributed by atoms with E-state index in [1.54, 1.807) is 18.1 Å². The highest BCUT2D eigenvalue weighted by atomic mass is 16.6. The fraction of sp³-hybridized carbons (Fsp3) is 0.786. The Hall–Kier alpha value is -1.03. The van der Waals surface area contributed by atoms with Gasteiger partial charge in [0.25, 0.3) is 0 Å². The SMILES string of the molecule is C=CCOC(=O)N1CC2(CCCCC2)CC1OC. The molecule has 4 nitrogen and oxygen atoms in total. The van der Waals surface area contributed by atoms with Gasteiger partial charge >= 0.3 is 6.09 Å². The maximum absolute atomic E-state index is 12.0. The average molecular weight is 253 g/mol. The molecule has 1 heterocycles. The Balaban J connectivity index is 2.01. The van der Waals surface area contributed by atoms with Gasteiger partial charge in [-0.2, -0.15) is 0 Å². The third-order valence-corrected chi connectivity index (χ3v) is 4.21. The standard InChI is InChI=1S/C14H23NO3/c1-3-9-18-13(16)15-11-14(10-12(15)17-2)7-5-4-6-8-14/h3,12H,1,4-11H2,2H3. The Bertz CT molecular complexity index is 310. The van der Waals surface area contributed by atoms with Crippen LogP contribution in [0.1, 0.15) is 38.5 Å². The summed E-state index contributed by atoms with van der Waals surface area (Å²) < 4.78 is 10.6. The topological polar surface area (TPSA) is 38.8 Å². The van der Waals surface area contributed by atoms with Crippen LogP contribution in [0.2, 0.25) is 0 Å². The molecule has 18 heavy (non-hydrogen) atoms. The van der Waals surface area contributed by atoms with Gasteiger partial charge in [0.05, 0.1) is 0 Å². The van der Waals surface area contributed by atoms with Crippen molar-refractivity contribution in [1.29, 1.82) is 0 Å². The molecule has 0 aromatic heterocycles. The lowest BCUT2D eigenvalue weighted by atomic mass is 9.73. The zero-order valence-electron chi connectivity index (χ0n) is 11.2. The molecule has 1 spiro atoms. The molecular weight excluding hydrogens is 230 g/mol. The van der Waals surface area contributed by atoms with Gasteiger partial charge in [0, 0.05) is 13.7 Å². The molecule has 1 aliphatic heterocycles. The van der Waals surface area contributed by atoms with Gasteiger partial charge in [0.15, 0.2) is 0 Å². The Labute approximate surface area is 109 Å². The van der Waals surface area contributed by atoms with E-state index in [0.717, 1.165) is 13.0 Å². The number of rotatable bonds is 3. The normalized spacial score (nSPS) is 26.3. The van der Waals surface area contributed by atoms with Crippen LogP contribution in [0.15, 0.2) is 12.7 Å². The summed E-state index contributed by atoms with van der Waals surface area (Å²) in [5.41, 5.74) is 0.270. The van der Waals surface area contributed by atoms with Gasteiger partial charge < -0.3 is 9.47 Å². The van der Waals surface area contributed by atoms with Gasteiger partial charge in [0.2, 0.25) is 0 Å². The summed E-state index contributed by atoms with van der Waals surface area (Å²) in [5.74, 6) is 0. The van der Waals surface area contributed by atoms with Crippen molar-refractivity contribution in [2.75, 3.05) is 20.3 Å². The molecule has 0 aromatic carbocycles. The fourth-order valence-electron chi connectivity index (χ4n) is 3.28. The number of ether oxygens (including phenoxy) is 2. The number of hydrogen-bond donors (Lipinski definition) is 0. The van der Waals surface area contributed by atoms with Crippen LogP contribution in [0.3, 0.4) is 0 Å². The molecule has 1 atom stereocenters. The van der Waals surface area contributed by atoms with E-state index < -0.39 is 0 Å². The highest BCUT2D eigenvalue weighted by molar-refractivity contribution is 5.68. The van der Waals surface area contributed by atoms with Crippen LogP contribution < -0.4 is 0 Å². The zero-order valence-corrected chi connectivity index (χ0v) is 11.2. The van der Waals surface area contributed by atoms with E-state index >= 15 is 0 Å². The Kier molecular flexibility index (Phi) is 4.27. The van der Waals surface area contributed by atoms with Gasteiger partial charge in [0.1, 0.15) is 12.8 Å². The molecule has 1 saturated carbocycles. The van der Waals surface area contributed by atoms with Gasteiger partial charge in [-0.3, -0.25) is 4.90 Å². The minimum absolute atomic E-state index is 0.125. The van der Waals surface area contributed by atoms with Crippen molar-refractivity contribution in [3.05, 3.63) is 12.7 Å². The highest BCUT2D eigenvalue weighted by Gasteiger charge is 2.46. The van der Waals surface area contributed by atoms with Crippen LogP contribution in [0, 0.1) is 5.41 Å². The zero-order chi connectivity index (χ0) is 13.0. The molecule has 2 aliphatic rings. The van der Waals surface area contributed by atoms with E-state index in [0.29, 0.717) is 0 Å². The first-order valence-corrected chi connectivity index (χ1v) is 6.78. The second-order valence-electron chi connectivity index (χ2n) is 5.45. The smallest absolute Gasteiger partial charge is 0.412 e. The predicted molar refractivity (Wildman–Crippen MR) is 69.2 cm³/mol. The van der Waals surface area contributed by atoms with Gasteiger partial charge in [-0.1, -0.05) is 31.9 Å². The largest absolute Gasteiger partial charge is 0.445 e. The number of carbonyl (C=O) groups is 1. The van der Waals surface area contributed by atoms with Crippen LogP contribution in [0.4, 0.5) is 4.79 Å². The fourth-order valence-corrected chi connectivity index (χ4v) is 3.28. The minimum Gasteiger partial charge on any atom is -0.445 e. The second kappa shape index (κ2) is 5.74. The quantitative estimate of drug-likeness (QED) is 0.726. The third kappa shape index (κ3) is 2.69. The number of hydrogen-bond acceptors (Lipinski definition) is 3. The molecule has 0 bridgehead atoms.